The number of halogens is 2. The number of carbonyl (C=O) groups is 2. The summed E-state index contributed by atoms with van der Waals surface area (Å²) in [4.78, 5) is 28.7. The van der Waals surface area contributed by atoms with E-state index in [2.05, 4.69) is 15.6 Å². The lowest BCUT2D eigenvalue weighted by atomic mass is 10.1. The number of aromatic nitrogens is 1. The molecule has 0 saturated heterocycles. The monoisotopic (exact) mass is 381 g/mol. The lowest BCUT2D eigenvalue weighted by molar-refractivity contribution is 0.102. The standard InChI is InChI=1S/C21H17F2N3O2/c1-12-3-5-18(13(2)7-12)25-20(27)14-8-15(11-24-10-14)21(28)26-19-6-4-16(22)9-17(19)23/h3-11H,1-2H3,(H,25,27)(H,26,28). The number of rotatable bonds is 4. The minimum atomic E-state index is -0.898. The highest BCUT2D eigenvalue weighted by Gasteiger charge is 2.14. The van der Waals surface area contributed by atoms with E-state index >= 15 is 0 Å². The van der Waals surface area contributed by atoms with Crippen molar-refractivity contribution in [3.05, 3.63) is 88.7 Å². The van der Waals surface area contributed by atoms with Gasteiger partial charge >= 0.3 is 0 Å². The summed E-state index contributed by atoms with van der Waals surface area (Å²) in [6, 6.07) is 9.78. The summed E-state index contributed by atoms with van der Waals surface area (Å²) in [7, 11) is 0. The molecule has 3 rings (SSSR count). The van der Waals surface area contributed by atoms with Crippen LogP contribution in [0.2, 0.25) is 0 Å². The van der Waals surface area contributed by atoms with Gasteiger partial charge in [-0.15, -0.1) is 0 Å². The number of carbonyl (C=O) groups excluding carboxylic acids is 2. The number of benzene rings is 2. The van der Waals surface area contributed by atoms with E-state index in [1.54, 1.807) is 6.07 Å². The number of hydrogen-bond acceptors (Lipinski definition) is 3. The summed E-state index contributed by atoms with van der Waals surface area (Å²) in [5.74, 6) is -2.74. The van der Waals surface area contributed by atoms with Gasteiger partial charge in [-0.2, -0.15) is 0 Å². The van der Waals surface area contributed by atoms with E-state index in [0.717, 1.165) is 23.3 Å². The van der Waals surface area contributed by atoms with Crippen LogP contribution in [0.15, 0.2) is 54.9 Å². The molecular weight excluding hydrogens is 364 g/mol. The van der Waals surface area contributed by atoms with Gasteiger partial charge in [-0.05, 0) is 43.7 Å². The first-order valence-corrected chi connectivity index (χ1v) is 8.43. The minimum Gasteiger partial charge on any atom is -0.322 e. The number of nitrogens with zero attached hydrogens (tertiary/aromatic N) is 1. The molecule has 0 aliphatic carbocycles. The fourth-order valence-electron chi connectivity index (χ4n) is 2.62. The highest BCUT2D eigenvalue weighted by Crippen LogP contribution is 2.18. The van der Waals surface area contributed by atoms with Crippen LogP contribution in [0.1, 0.15) is 31.8 Å². The third kappa shape index (κ3) is 4.37. The largest absolute Gasteiger partial charge is 0.322 e. The van der Waals surface area contributed by atoms with E-state index in [4.69, 9.17) is 0 Å². The maximum Gasteiger partial charge on any atom is 0.257 e. The van der Waals surface area contributed by atoms with Crippen LogP contribution in [0.4, 0.5) is 20.2 Å². The van der Waals surface area contributed by atoms with Gasteiger partial charge in [0.1, 0.15) is 11.6 Å². The number of aryl methyl sites for hydroxylation is 2. The minimum absolute atomic E-state index is 0.0667. The molecule has 0 saturated carbocycles. The van der Waals surface area contributed by atoms with Crippen LogP contribution in [-0.2, 0) is 0 Å². The molecule has 0 fully saturated rings. The normalized spacial score (nSPS) is 10.4. The van der Waals surface area contributed by atoms with Crippen molar-refractivity contribution in [2.75, 3.05) is 10.6 Å². The summed E-state index contributed by atoms with van der Waals surface area (Å²) in [6.07, 6.45) is 2.58. The van der Waals surface area contributed by atoms with Gasteiger partial charge in [-0.1, -0.05) is 17.7 Å². The van der Waals surface area contributed by atoms with Crippen molar-refractivity contribution in [2.45, 2.75) is 13.8 Å². The van der Waals surface area contributed by atoms with Gasteiger partial charge in [-0.25, -0.2) is 8.78 Å². The predicted molar refractivity (Wildman–Crippen MR) is 102 cm³/mol. The average Bonchev–Trinajstić information content (AvgIpc) is 2.66. The second-order valence-electron chi connectivity index (χ2n) is 6.31. The molecule has 0 radical (unpaired) electrons. The van der Waals surface area contributed by atoms with Gasteiger partial charge < -0.3 is 10.6 Å². The van der Waals surface area contributed by atoms with Crippen LogP contribution in [-0.4, -0.2) is 16.8 Å². The molecule has 0 bridgehead atoms. The first-order valence-electron chi connectivity index (χ1n) is 8.43. The Balaban J connectivity index is 1.77. The van der Waals surface area contributed by atoms with E-state index in [0.29, 0.717) is 11.8 Å². The average molecular weight is 381 g/mol. The third-order valence-corrected chi connectivity index (χ3v) is 4.07. The summed E-state index contributed by atoms with van der Waals surface area (Å²) in [5, 5.41) is 5.11. The van der Waals surface area contributed by atoms with Crippen molar-refractivity contribution >= 4 is 23.2 Å². The SMILES string of the molecule is Cc1ccc(NC(=O)c2cncc(C(=O)Nc3ccc(F)cc3F)c2)c(C)c1. The Morgan fingerprint density at radius 2 is 1.43 bits per heavy atom. The maximum atomic E-state index is 13.7. The van der Waals surface area contributed by atoms with Crippen molar-refractivity contribution in [3.8, 4) is 0 Å². The van der Waals surface area contributed by atoms with E-state index < -0.39 is 23.4 Å². The first-order chi connectivity index (χ1) is 13.3. The number of hydrogen-bond donors (Lipinski definition) is 2. The lowest BCUT2D eigenvalue weighted by Crippen LogP contribution is -2.17. The molecule has 0 aliphatic rings. The molecule has 2 aromatic carbocycles. The van der Waals surface area contributed by atoms with Crippen molar-refractivity contribution in [1.29, 1.82) is 0 Å². The molecular formula is C21H17F2N3O2. The predicted octanol–water partition coefficient (Wildman–Crippen LogP) is 4.48. The van der Waals surface area contributed by atoms with Crippen LogP contribution in [0.25, 0.3) is 0 Å². The number of anilines is 2. The fourth-order valence-corrected chi connectivity index (χ4v) is 2.62. The Labute approximate surface area is 160 Å². The van der Waals surface area contributed by atoms with Gasteiger partial charge in [0, 0.05) is 24.1 Å². The molecule has 0 atom stereocenters. The molecule has 2 N–H and O–H groups in total. The molecule has 0 unspecified atom stereocenters. The molecule has 1 aromatic heterocycles. The van der Waals surface area contributed by atoms with Crippen molar-refractivity contribution in [3.63, 3.8) is 0 Å². The van der Waals surface area contributed by atoms with E-state index in [1.807, 2.05) is 26.0 Å². The fraction of sp³-hybridized carbons (Fsp3) is 0.0952. The molecule has 2 amide bonds. The smallest absolute Gasteiger partial charge is 0.257 e. The van der Waals surface area contributed by atoms with Gasteiger partial charge in [-0.3, -0.25) is 14.6 Å². The highest BCUT2D eigenvalue weighted by molar-refractivity contribution is 6.08. The van der Waals surface area contributed by atoms with Crippen LogP contribution in [0.5, 0.6) is 0 Å². The van der Waals surface area contributed by atoms with Gasteiger partial charge in [0.2, 0.25) is 0 Å². The highest BCUT2D eigenvalue weighted by atomic mass is 19.1. The zero-order valence-electron chi connectivity index (χ0n) is 15.2. The van der Waals surface area contributed by atoms with Gasteiger partial charge in [0.05, 0.1) is 16.8 Å². The quantitative estimate of drug-likeness (QED) is 0.700. The molecule has 1 heterocycles. The lowest BCUT2D eigenvalue weighted by Gasteiger charge is -2.10. The molecule has 142 valence electrons. The molecule has 7 heteroatoms. The summed E-state index contributed by atoms with van der Waals surface area (Å²) >= 11 is 0. The third-order valence-electron chi connectivity index (χ3n) is 4.07. The van der Waals surface area contributed by atoms with Crippen LogP contribution in [0, 0.1) is 25.5 Å². The molecule has 0 aliphatic heterocycles. The Morgan fingerprint density at radius 3 is 2.04 bits per heavy atom. The second kappa shape index (κ2) is 7.96. The Bertz CT molecular complexity index is 987. The van der Waals surface area contributed by atoms with Crippen LogP contribution < -0.4 is 10.6 Å². The zero-order valence-corrected chi connectivity index (χ0v) is 15.2. The molecule has 5 nitrogen and oxygen atoms in total. The van der Waals surface area contributed by atoms with E-state index in [1.165, 1.54) is 18.5 Å². The number of amides is 2. The summed E-state index contributed by atoms with van der Waals surface area (Å²) in [5.41, 5.74) is 2.70. The summed E-state index contributed by atoms with van der Waals surface area (Å²) < 4.78 is 26.7. The van der Waals surface area contributed by atoms with Gasteiger partial charge in [0.25, 0.3) is 11.8 Å². The van der Waals surface area contributed by atoms with Crippen molar-refractivity contribution in [1.82, 2.24) is 4.98 Å². The zero-order chi connectivity index (χ0) is 20.3. The van der Waals surface area contributed by atoms with E-state index in [-0.39, 0.29) is 16.8 Å². The topological polar surface area (TPSA) is 71.1 Å². The maximum absolute atomic E-state index is 13.7. The molecule has 3 aromatic rings. The first kappa shape index (κ1) is 19.2. The van der Waals surface area contributed by atoms with Crippen molar-refractivity contribution in [2.24, 2.45) is 0 Å². The Hall–Kier alpha value is -3.61. The number of pyridine rings is 1. The molecule has 28 heavy (non-hydrogen) atoms. The van der Waals surface area contributed by atoms with Crippen LogP contribution in [0.3, 0.4) is 0 Å². The molecule has 0 spiro atoms. The van der Waals surface area contributed by atoms with Crippen molar-refractivity contribution < 1.29 is 18.4 Å². The Kier molecular flexibility index (Phi) is 5.44. The van der Waals surface area contributed by atoms with Crippen LogP contribution >= 0.6 is 0 Å². The Morgan fingerprint density at radius 1 is 0.821 bits per heavy atom. The number of nitrogens with one attached hydrogen (secondary N) is 2. The summed E-state index contributed by atoms with van der Waals surface area (Å²) in [6.45, 7) is 3.83. The van der Waals surface area contributed by atoms with E-state index in [9.17, 15) is 18.4 Å². The van der Waals surface area contributed by atoms with Gasteiger partial charge in [0.15, 0.2) is 0 Å². The second-order valence-corrected chi connectivity index (χ2v) is 6.31.